The van der Waals surface area contributed by atoms with Crippen molar-refractivity contribution in [1.29, 1.82) is 0 Å². The Balaban J connectivity index is 1.56. The van der Waals surface area contributed by atoms with Crippen LogP contribution in [-0.2, 0) is 11.8 Å². The van der Waals surface area contributed by atoms with Gasteiger partial charge in [-0.15, -0.1) is 0 Å². The number of methoxy groups -OCH3 is 2. The molecule has 37 heavy (non-hydrogen) atoms. The summed E-state index contributed by atoms with van der Waals surface area (Å²) < 4.78 is 17.5. The fourth-order valence-corrected chi connectivity index (χ4v) is 5.92. The standard InChI is InChI=1S/C26H32N6O4S/c1-14-12-15-6-7-26(2,3)16(15)13-17(14)36-25-29-19(21(27)33)20(37-25)18-22(34-4)30-24(31-23(18)35-5)32-10-8-28-9-11-32/h12-13,28H,6-11H2,1-5H3,(H2,27,33). The predicted molar refractivity (Wildman–Crippen MR) is 142 cm³/mol. The van der Waals surface area contributed by atoms with Gasteiger partial charge in [0, 0.05) is 26.2 Å². The third kappa shape index (κ3) is 4.69. The molecule has 1 aliphatic heterocycles. The fourth-order valence-electron chi connectivity index (χ4n) is 4.96. The topological polar surface area (TPSA) is 125 Å². The molecule has 10 nitrogen and oxygen atoms in total. The number of hydrogen-bond donors (Lipinski definition) is 2. The van der Waals surface area contributed by atoms with E-state index in [1.807, 2.05) is 6.92 Å². The smallest absolute Gasteiger partial charge is 0.280 e. The van der Waals surface area contributed by atoms with Crippen LogP contribution in [-0.4, -0.2) is 61.3 Å². The number of aromatic nitrogens is 3. The maximum Gasteiger partial charge on any atom is 0.280 e. The molecule has 0 bridgehead atoms. The van der Waals surface area contributed by atoms with Gasteiger partial charge in [0.1, 0.15) is 11.3 Å². The Morgan fingerprint density at radius 3 is 2.41 bits per heavy atom. The van der Waals surface area contributed by atoms with Crippen LogP contribution in [0.1, 0.15) is 47.4 Å². The third-order valence-corrected chi connectivity index (χ3v) is 7.98. The zero-order valence-corrected chi connectivity index (χ0v) is 22.6. The molecule has 1 fully saturated rings. The number of thiazole rings is 1. The zero-order chi connectivity index (χ0) is 26.3. The summed E-state index contributed by atoms with van der Waals surface area (Å²) >= 11 is 1.18. The largest absolute Gasteiger partial charge is 0.480 e. The summed E-state index contributed by atoms with van der Waals surface area (Å²) in [6, 6.07) is 4.27. The second kappa shape index (κ2) is 9.79. The minimum Gasteiger partial charge on any atom is -0.480 e. The van der Waals surface area contributed by atoms with Crippen molar-refractivity contribution >= 4 is 23.2 Å². The highest BCUT2D eigenvalue weighted by Crippen LogP contribution is 2.46. The zero-order valence-electron chi connectivity index (χ0n) is 21.8. The number of nitrogens with zero attached hydrogens (tertiary/aromatic N) is 4. The molecule has 0 unspecified atom stereocenters. The van der Waals surface area contributed by atoms with Crippen molar-refractivity contribution in [3.63, 3.8) is 0 Å². The Morgan fingerprint density at radius 1 is 1.11 bits per heavy atom. The monoisotopic (exact) mass is 524 g/mol. The quantitative estimate of drug-likeness (QED) is 0.478. The second-order valence-corrected chi connectivity index (χ2v) is 10.9. The van der Waals surface area contributed by atoms with Crippen LogP contribution in [0.3, 0.4) is 0 Å². The predicted octanol–water partition coefficient (Wildman–Crippen LogP) is 3.45. The van der Waals surface area contributed by atoms with E-state index in [4.69, 9.17) is 19.9 Å². The highest BCUT2D eigenvalue weighted by molar-refractivity contribution is 7.17. The Morgan fingerprint density at radius 2 is 1.78 bits per heavy atom. The highest BCUT2D eigenvalue weighted by atomic mass is 32.1. The number of hydrogen-bond acceptors (Lipinski definition) is 10. The molecular weight excluding hydrogens is 492 g/mol. The molecule has 1 aliphatic carbocycles. The molecule has 3 aromatic rings. The number of benzene rings is 1. The number of fused-ring (bicyclic) bond motifs is 1. The van der Waals surface area contributed by atoms with Gasteiger partial charge in [0.25, 0.3) is 11.1 Å². The van der Waals surface area contributed by atoms with Crippen LogP contribution in [0.4, 0.5) is 5.95 Å². The molecule has 3 heterocycles. The lowest BCUT2D eigenvalue weighted by atomic mass is 9.86. The van der Waals surface area contributed by atoms with Crippen LogP contribution in [0, 0.1) is 6.92 Å². The first-order chi connectivity index (χ1) is 17.7. The average Bonchev–Trinajstić information content (AvgIpc) is 3.44. The molecule has 1 aromatic carbocycles. The molecule has 5 rings (SSSR count). The Kier molecular flexibility index (Phi) is 6.67. The van der Waals surface area contributed by atoms with Crippen molar-refractivity contribution < 1.29 is 19.0 Å². The minimum absolute atomic E-state index is 0.0502. The van der Waals surface area contributed by atoms with Crippen LogP contribution in [0.5, 0.6) is 22.7 Å². The van der Waals surface area contributed by atoms with Crippen LogP contribution in [0.15, 0.2) is 12.1 Å². The average molecular weight is 525 g/mol. The van der Waals surface area contributed by atoms with Gasteiger partial charge in [0.2, 0.25) is 17.7 Å². The molecule has 0 saturated carbocycles. The number of piperazine rings is 1. The van der Waals surface area contributed by atoms with Gasteiger partial charge in [0.05, 0.1) is 19.1 Å². The molecule has 0 spiro atoms. The van der Waals surface area contributed by atoms with Crippen LogP contribution in [0.25, 0.3) is 10.4 Å². The van der Waals surface area contributed by atoms with Gasteiger partial charge in [-0.25, -0.2) is 0 Å². The van der Waals surface area contributed by atoms with Gasteiger partial charge >= 0.3 is 0 Å². The lowest BCUT2D eigenvalue weighted by Gasteiger charge is -2.28. The first-order valence-electron chi connectivity index (χ1n) is 12.3. The van der Waals surface area contributed by atoms with E-state index in [1.54, 1.807) is 0 Å². The number of nitrogens with two attached hydrogens (primary N) is 1. The summed E-state index contributed by atoms with van der Waals surface area (Å²) in [6.45, 7) is 9.67. The van der Waals surface area contributed by atoms with E-state index >= 15 is 0 Å². The lowest BCUT2D eigenvalue weighted by molar-refractivity contribution is 0.0996. The first kappa shape index (κ1) is 25.2. The number of carbonyl (C=O) groups is 1. The van der Waals surface area contributed by atoms with E-state index in [2.05, 4.69) is 51.1 Å². The molecular formula is C26H32N6O4S. The maximum atomic E-state index is 12.5. The van der Waals surface area contributed by atoms with Crippen molar-refractivity contribution in [3.8, 4) is 33.1 Å². The van der Waals surface area contributed by atoms with Crippen LogP contribution in [0.2, 0.25) is 0 Å². The highest BCUT2D eigenvalue weighted by Gasteiger charge is 2.32. The lowest BCUT2D eigenvalue weighted by Crippen LogP contribution is -2.44. The van der Waals surface area contributed by atoms with Crippen molar-refractivity contribution in [1.82, 2.24) is 20.3 Å². The summed E-state index contributed by atoms with van der Waals surface area (Å²) in [4.78, 5) is 28.7. The molecule has 0 radical (unpaired) electrons. The van der Waals surface area contributed by atoms with Crippen molar-refractivity contribution in [2.24, 2.45) is 5.73 Å². The van der Waals surface area contributed by atoms with E-state index in [0.29, 0.717) is 22.1 Å². The van der Waals surface area contributed by atoms with E-state index in [0.717, 1.165) is 44.6 Å². The Hall–Kier alpha value is -3.44. The maximum absolute atomic E-state index is 12.5. The normalized spacial score (nSPS) is 16.4. The van der Waals surface area contributed by atoms with Crippen LogP contribution >= 0.6 is 11.3 Å². The number of amides is 1. The van der Waals surface area contributed by atoms with Gasteiger partial charge in [-0.05, 0) is 47.9 Å². The number of anilines is 1. The number of carbonyl (C=O) groups excluding carboxylic acids is 1. The minimum atomic E-state index is -0.691. The Bertz CT molecular complexity index is 1320. The van der Waals surface area contributed by atoms with E-state index in [9.17, 15) is 4.79 Å². The number of primary amides is 1. The summed E-state index contributed by atoms with van der Waals surface area (Å²) in [5.41, 5.74) is 9.92. The Labute approximate surface area is 220 Å². The fraction of sp³-hybridized carbons (Fsp3) is 0.462. The molecule has 1 saturated heterocycles. The van der Waals surface area contributed by atoms with Gasteiger partial charge in [-0.1, -0.05) is 31.3 Å². The molecule has 11 heteroatoms. The summed E-state index contributed by atoms with van der Waals surface area (Å²) in [5, 5.41) is 3.60. The van der Waals surface area contributed by atoms with Gasteiger partial charge < -0.3 is 30.2 Å². The van der Waals surface area contributed by atoms with Gasteiger partial charge in [-0.2, -0.15) is 15.0 Å². The van der Waals surface area contributed by atoms with Gasteiger partial charge in [0.15, 0.2) is 5.69 Å². The molecule has 3 N–H and O–H groups in total. The second-order valence-electron chi connectivity index (χ2n) is 9.94. The molecule has 2 aromatic heterocycles. The van der Waals surface area contributed by atoms with E-state index in [-0.39, 0.29) is 28.1 Å². The van der Waals surface area contributed by atoms with Crippen LogP contribution < -0.4 is 30.2 Å². The summed E-state index contributed by atoms with van der Waals surface area (Å²) in [6.07, 6.45) is 2.15. The summed E-state index contributed by atoms with van der Waals surface area (Å²) in [5.74, 6) is 1.05. The number of rotatable bonds is 7. The van der Waals surface area contributed by atoms with Crippen molar-refractivity contribution in [3.05, 3.63) is 34.5 Å². The number of ether oxygens (including phenoxy) is 3. The summed E-state index contributed by atoms with van der Waals surface area (Å²) in [7, 11) is 3.04. The molecule has 2 aliphatic rings. The number of aryl methyl sites for hydroxylation is 2. The van der Waals surface area contributed by atoms with Gasteiger partial charge in [-0.3, -0.25) is 4.79 Å². The first-order valence-corrected chi connectivity index (χ1v) is 13.1. The molecule has 0 atom stereocenters. The third-order valence-electron chi connectivity index (χ3n) is 7.03. The number of nitrogens with one attached hydrogen (secondary N) is 1. The SMILES string of the molecule is COc1nc(N2CCNCC2)nc(OC)c1-c1sc(Oc2cc3c(cc2C)CCC3(C)C)nc1C(N)=O. The van der Waals surface area contributed by atoms with E-state index in [1.165, 1.54) is 36.7 Å². The van der Waals surface area contributed by atoms with Crippen molar-refractivity contribution in [2.45, 2.75) is 39.0 Å². The molecule has 1 amide bonds. The van der Waals surface area contributed by atoms with Crippen molar-refractivity contribution in [2.75, 3.05) is 45.3 Å². The van der Waals surface area contributed by atoms with E-state index < -0.39 is 5.91 Å². The molecule has 196 valence electrons.